The second-order valence-electron chi connectivity index (χ2n) is 8.09. The topological polar surface area (TPSA) is 72.1 Å². The van der Waals surface area contributed by atoms with Gasteiger partial charge in [0, 0.05) is 23.7 Å². The summed E-state index contributed by atoms with van der Waals surface area (Å²) in [5.41, 5.74) is 7.52. The Morgan fingerprint density at radius 1 is 1.19 bits per heavy atom. The number of alkyl halides is 3. The molecule has 2 heterocycles. The maximum Gasteiger partial charge on any atom is 0.417 e. The van der Waals surface area contributed by atoms with E-state index >= 15 is 0 Å². The molecule has 31 heavy (non-hydrogen) atoms. The van der Waals surface area contributed by atoms with E-state index in [0.717, 1.165) is 42.5 Å². The zero-order valence-electron chi connectivity index (χ0n) is 17.1. The zero-order chi connectivity index (χ0) is 22.2. The number of carbonyl (C=O) groups excluding carboxylic acids is 1. The molecule has 0 unspecified atom stereocenters. The lowest BCUT2D eigenvalue weighted by atomic mass is 10.1. The van der Waals surface area contributed by atoms with Gasteiger partial charge in [0.05, 0.1) is 23.3 Å². The first-order valence-electron chi connectivity index (χ1n) is 10.2. The van der Waals surface area contributed by atoms with E-state index in [0.29, 0.717) is 35.1 Å². The summed E-state index contributed by atoms with van der Waals surface area (Å²) in [5, 5.41) is 0.812. The van der Waals surface area contributed by atoms with Crippen LogP contribution < -0.4 is 5.73 Å². The van der Waals surface area contributed by atoms with E-state index in [4.69, 9.17) is 5.73 Å². The maximum atomic E-state index is 13.3. The third-order valence-electron chi connectivity index (χ3n) is 5.59. The molecule has 3 aromatic rings. The summed E-state index contributed by atoms with van der Waals surface area (Å²) in [6, 6.07) is 9.46. The molecule has 0 bridgehead atoms. The number of benzene rings is 1. The molecule has 1 aromatic carbocycles. The molecule has 1 aliphatic rings. The molecule has 162 valence electrons. The van der Waals surface area contributed by atoms with Gasteiger partial charge in [-0.2, -0.15) is 13.2 Å². The van der Waals surface area contributed by atoms with Gasteiger partial charge in [-0.3, -0.25) is 9.78 Å². The van der Waals surface area contributed by atoms with Gasteiger partial charge in [-0.1, -0.05) is 12.8 Å². The van der Waals surface area contributed by atoms with Crippen LogP contribution in [0.1, 0.15) is 46.4 Å². The van der Waals surface area contributed by atoms with Crippen LogP contribution in [0.5, 0.6) is 0 Å². The van der Waals surface area contributed by atoms with Crippen LogP contribution in [-0.2, 0) is 12.7 Å². The fraction of sp³-hybridized carbons (Fsp3) is 0.348. The van der Waals surface area contributed by atoms with Gasteiger partial charge in [-0.15, -0.1) is 0 Å². The van der Waals surface area contributed by atoms with Crippen LogP contribution in [0.4, 0.5) is 19.0 Å². The van der Waals surface area contributed by atoms with Gasteiger partial charge in [0.15, 0.2) is 0 Å². The first kappa shape index (κ1) is 21.1. The predicted molar refractivity (Wildman–Crippen MR) is 112 cm³/mol. The maximum absolute atomic E-state index is 13.3. The van der Waals surface area contributed by atoms with Crippen molar-refractivity contribution in [2.75, 3.05) is 12.3 Å². The number of halogens is 3. The van der Waals surface area contributed by atoms with Gasteiger partial charge in [0.1, 0.15) is 5.82 Å². The highest BCUT2D eigenvalue weighted by Gasteiger charge is 2.31. The first-order chi connectivity index (χ1) is 14.7. The second-order valence-corrected chi connectivity index (χ2v) is 8.09. The van der Waals surface area contributed by atoms with Gasteiger partial charge in [-0.25, -0.2) is 4.98 Å². The SMILES string of the molecule is Cc1cc2cc(C(=O)N(CCC3CC3)Cc3ccc(C(F)(F)F)cn3)ccc2nc1N. The molecule has 1 amide bonds. The van der Waals surface area contributed by atoms with Crippen molar-refractivity contribution in [3.8, 4) is 0 Å². The molecule has 0 radical (unpaired) electrons. The van der Waals surface area contributed by atoms with Crippen LogP contribution in [0.2, 0.25) is 0 Å². The number of hydrogen-bond donors (Lipinski definition) is 1. The average Bonchev–Trinajstić information content (AvgIpc) is 3.55. The van der Waals surface area contributed by atoms with Crippen molar-refractivity contribution >= 4 is 22.6 Å². The molecule has 0 aliphatic heterocycles. The van der Waals surface area contributed by atoms with Crippen LogP contribution in [0.25, 0.3) is 10.9 Å². The smallest absolute Gasteiger partial charge is 0.383 e. The van der Waals surface area contributed by atoms with E-state index < -0.39 is 11.7 Å². The van der Waals surface area contributed by atoms with Crippen molar-refractivity contribution in [1.29, 1.82) is 0 Å². The van der Waals surface area contributed by atoms with E-state index in [1.165, 1.54) is 6.07 Å². The number of carbonyl (C=O) groups is 1. The highest BCUT2D eigenvalue weighted by Crippen LogP contribution is 2.33. The molecule has 2 aromatic heterocycles. The summed E-state index contributed by atoms with van der Waals surface area (Å²) in [7, 11) is 0. The Morgan fingerprint density at radius 3 is 2.61 bits per heavy atom. The number of amides is 1. The third-order valence-corrected chi connectivity index (χ3v) is 5.59. The molecule has 1 fully saturated rings. The second kappa shape index (κ2) is 8.17. The number of pyridine rings is 2. The number of nitrogen functional groups attached to an aromatic ring is 1. The van der Waals surface area contributed by atoms with E-state index in [-0.39, 0.29) is 12.5 Å². The number of hydrogen-bond acceptors (Lipinski definition) is 4. The lowest BCUT2D eigenvalue weighted by molar-refractivity contribution is -0.137. The van der Waals surface area contributed by atoms with Crippen LogP contribution in [0, 0.1) is 12.8 Å². The highest BCUT2D eigenvalue weighted by molar-refractivity contribution is 5.98. The number of nitrogens with two attached hydrogens (primary N) is 1. The number of fused-ring (bicyclic) bond motifs is 1. The molecule has 1 aliphatic carbocycles. The third kappa shape index (κ3) is 4.95. The Balaban J connectivity index is 1.58. The number of aromatic nitrogens is 2. The van der Waals surface area contributed by atoms with Gasteiger partial charge in [0.25, 0.3) is 5.91 Å². The van der Waals surface area contributed by atoms with Crippen LogP contribution in [-0.4, -0.2) is 27.3 Å². The average molecular weight is 428 g/mol. The normalized spacial score (nSPS) is 14.1. The quantitative estimate of drug-likeness (QED) is 0.601. The lowest BCUT2D eigenvalue weighted by Crippen LogP contribution is -2.32. The minimum absolute atomic E-state index is 0.154. The number of aryl methyl sites for hydroxylation is 1. The number of rotatable bonds is 6. The first-order valence-corrected chi connectivity index (χ1v) is 10.2. The van der Waals surface area contributed by atoms with Crippen LogP contribution in [0.15, 0.2) is 42.6 Å². The fourth-order valence-electron chi connectivity index (χ4n) is 3.49. The van der Waals surface area contributed by atoms with Crippen LogP contribution in [0.3, 0.4) is 0 Å². The summed E-state index contributed by atoms with van der Waals surface area (Å²) in [6.07, 6.45) is -0.440. The molecule has 4 rings (SSSR count). The van der Waals surface area contributed by atoms with Gasteiger partial charge >= 0.3 is 6.18 Å². The highest BCUT2D eigenvalue weighted by atomic mass is 19.4. The number of anilines is 1. The Morgan fingerprint density at radius 2 is 1.97 bits per heavy atom. The molecule has 1 saturated carbocycles. The summed E-state index contributed by atoms with van der Waals surface area (Å²) in [6.45, 7) is 2.54. The van der Waals surface area contributed by atoms with Gasteiger partial charge in [-0.05, 0) is 61.2 Å². The minimum atomic E-state index is -4.44. The summed E-state index contributed by atoms with van der Waals surface area (Å²) in [5.74, 6) is 0.882. The zero-order valence-corrected chi connectivity index (χ0v) is 17.1. The van der Waals surface area contributed by atoms with E-state index in [2.05, 4.69) is 9.97 Å². The molecule has 2 N–H and O–H groups in total. The van der Waals surface area contributed by atoms with E-state index in [1.807, 2.05) is 13.0 Å². The molecule has 0 spiro atoms. The minimum Gasteiger partial charge on any atom is -0.383 e. The van der Waals surface area contributed by atoms with Crippen molar-refractivity contribution in [1.82, 2.24) is 14.9 Å². The molecule has 5 nitrogen and oxygen atoms in total. The monoisotopic (exact) mass is 428 g/mol. The molecule has 0 saturated heterocycles. The predicted octanol–water partition coefficient (Wildman–Crippen LogP) is 4.98. The van der Waals surface area contributed by atoms with E-state index in [9.17, 15) is 18.0 Å². The Hall–Kier alpha value is -3.16. The van der Waals surface area contributed by atoms with Gasteiger partial charge < -0.3 is 10.6 Å². The van der Waals surface area contributed by atoms with Crippen LogP contribution >= 0.6 is 0 Å². The van der Waals surface area contributed by atoms with E-state index in [1.54, 1.807) is 23.1 Å². The molecular weight excluding hydrogens is 405 g/mol. The summed E-state index contributed by atoms with van der Waals surface area (Å²) >= 11 is 0. The standard InChI is InChI=1S/C23H23F3N4O/c1-14-10-17-11-16(4-7-20(17)29-21(14)27)22(31)30(9-8-15-2-3-15)13-19-6-5-18(12-28-19)23(24,25)26/h4-7,10-12,15H,2-3,8-9,13H2,1H3,(H2,27,29). The summed E-state index contributed by atoms with van der Waals surface area (Å²) in [4.78, 5) is 23.2. The fourth-order valence-corrected chi connectivity index (χ4v) is 3.49. The number of nitrogens with zero attached hydrogens (tertiary/aromatic N) is 3. The lowest BCUT2D eigenvalue weighted by Gasteiger charge is -2.23. The largest absolute Gasteiger partial charge is 0.417 e. The molecular formula is C23H23F3N4O. The summed E-state index contributed by atoms with van der Waals surface area (Å²) < 4.78 is 38.4. The van der Waals surface area contributed by atoms with Crippen molar-refractivity contribution in [3.63, 3.8) is 0 Å². The van der Waals surface area contributed by atoms with Crippen molar-refractivity contribution < 1.29 is 18.0 Å². The van der Waals surface area contributed by atoms with Crippen molar-refractivity contribution in [2.24, 2.45) is 5.92 Å². The Bertz CT molecular complexity index is 1110. The van der Waals surface area contributed by atoms with Crippen molar-refractivity contribution in [3.05, 3.63) is 65.0 Å². The molecule has 0 atom stereocenters. The Labute approximate surface area is 178 Å². The van der Waals surface area contributed by atoms with Crippen molar-refractivity contribution in [2.45, 2.75) is 38.9 Å². The van der Waals surface area contributed by atoms with Gasteiger partial charge in [0.2, 0.25) is 0 Å². The molecule has 8 heteroatoms. The Kier molecular flexibility index (Phi) is 5.56.